The lowest BCUT2D eigenvalue weighted by Crippen LogP contribution is -2.36. The lowest BCUT2D eigenvalue weighted by atomic mass is 10.00. The highest BCUT2D eigenvalue weighted by molar-refractivity contribution is 7.98. The summed E-state index contributed by atoms with van der Waals surface area (Å²) in [6.07, 6.45) is 3.24. The van der Waals surface area contributed by atoms with E-state index in [1.807, 2.05) is 43.9 Å². The van der Waals surface area contributed by atoms with Crippen LogP contribution >= 0.6 is 11.8 Å². The second-order valence-corrected chi connectivity index (χ2v) is 6.15. The molecule has 1 rings (SSSR count). The fourth-order valence-corrected chi connectivity index (χ4v) is 2.41. The zero-order valence-corrected chi connectivity index (χ0v) is 13.5. The molecule has 0 fully saturated rings. The number of carbonyl (C=O) groups is 1. The maximum absolute atomic E-state index is 12.4. The normalized spacial score (nSPS) is 12.7. The van der Waals surface area contributed by atoms with Gasteiger partial charge in [-0.1, -0.05) is 12.1 Å². The van der Waals surface area contributed by atoms with Crippen molar-refractivity contribution >= 4 is 17.5 Å². The third-order valence-corrected chi connectivity index (χ3v) is 4.39. The fraction of sp³-hybridized carbons (Fsp3) is 0.562. The van der Waals surface area contributed by atoms with Crippen LogP contribution < -0.4 is 0 Å². The van der Waals surface area contributed by atoms with Crippen molar-refractivity contribution in [3.8, 4) is 0 Å². The Hall–Kier alpha value is -0.800. The average Bonchev–Trinajstić information content (AvgIpc) is 2.40. The molecule has 2 nitrogen and oxygen atoms in total. The maximum Gasteiger partial charge on any atom is 0.179 e. The SMILES string of the molecule is CSCCCN(C)C(C)C(=O)c1ccc(C)c(C)c1. The largest absolute Gasteiger partial charge is 0.297 e. The molecule has 3 heteroatoms. The van der Waals surface area contributed by atoms with Gasteiger partial charge in [0.05, 0.1) is 6.04 Å². The molecule has 0 aliphatic rings. The van der Waals surface area contributed by atoms with Gasteiger partial charge in [-0.15, -0.1) is 0 Å². The molecule has 0 saturated heterocycles. The van der Waals surface area contributed by atoms with E-state index in [1.165, 1.54) is 11.1 Å². The van der Waals surface area contributed by atoms with Crippen molar-refractivity contribution in [1.82, 2.24) is 4.90 Å². The number of hydrogen-bond donors (Lipinski definition) is 0. The number of benzene rings is 1. The Morgan fingerprint density at radius 2 is 2.00 bits per heavy atom. The summed E-state index contributed by atoms with van der Waals surface area (Å²) in [6, 6.07) is 5.92. The summed E-state index contributed by atoms with van der Waals surface area (Å²) in [5, 5.41) is 0. The van der Waals surface area contributed by atoms with Crippen LogP contribution in [0.5, 0.6) is 0 Å². The van der Waals surface area contributed by atoms with E-state index in [9.17, 15) is 4.79 Å². The number of ketones is 1. The van der Waals surface area contributed by atoms with Gasteiger partial charge in [0.15, 0.2) is 5.78 Å². The van der Waals surface area contributed by atoms with Crippen molar-refractivity contribution in [3.63, 3.8) is 0 Å². The molecule has 19 heavy (non-hydrogen) atoms. The number of nitrogens with zero attached hydrogens (tertiary/aromatic N) is 1. The van der Waals surface area contributed by atoms with Gasteiger partial charge in [0.25, 0.3) is 0 Å². The van der Waals surface area contributed by atoms with Gasteiger partial charge >= 0.3 is 0 Å². The molecular formula is C16H25NOS. The molecule has 0 heterocycles. The molecular weight excluding hydrogens is 254 g/mol. The standard InChI is InChI=1S/C16H25NOS/c1-12-7-8-15(11-13(12)2)16(18)14(3)17(4)9-6-10-19-5/h7-8,11,14H,6,9-10H2,1-5H3. The van der Waals surface area contributed by atoms with Gasteiger partial charge in [0.1, 0.15) is 0 Å². The van der Waals surface area contributed by atoms with Crippen molar-refractivity contribution in [3.05, 3.63) is 34.9 Å². The van der Waals surface area contributed by atoms with Crippen LogP contribution in [0, 0.1) is 13.8 Å². The first-order valence-corrected chi connectivity index (χ1v) is 8.17. The van der Waals surface area contributed by atoms with Crippen LogP contribution in [0.2, 0.25) is 0 Å². The van der Waals surface area contributed by atoms with E-state index in [1.54, 1.807) is 0 Å². The highest BCUT2D eigenvalue weighted by Crippen LogP contribution is 2.14. The van der Waals surface area contributed by atoms with Crippen LogP contribution in [0.3, 0.4) is 0 Å². The van der Waals surface area contributed by atoms with Gasteiger partial charge in [0, 0.05) is 5.56 Å². The highest BCUT2D eigenvalue weighted by atomic mass is 32.2. The Bertz CT molecular complexity index is 431. The topological polar surface area (TPSA) is 20.3 Å². The second kappa shape index (κ2) is 7.71. The van der Waals surface area contributed by atoms with Crippen molar-refractivity contribution in [2.45, 2.75) is 33.2 Å². The lowest BCUT2D eigenvalue weighted by molar-refractivity contribution is 0.0869. The summed E-state index contributed by atoms with van der Waals surface area (Å²) < 4.78 is 0. The van der Waals surface area contributed by atoms with Crippen molar-refractivity contribution in [2.75, 3.05) is 25.6 Å². The maximum atomic E-state index is 12.4. The molecule has 0 aliphatic heterocycles. The molecule has 0 aliphatic carbocycles. The molecule has 1 atom stereocenters. The van der Waals surface area contributed by atoms with Crippen LogP contribution in [0.25, 0.3) is 0 Å². The molecule has 0 spiro atoms. The van der Waals surface area contributed by atoms with Gasteiger partial charge in [0.2, 0.25) is 0 Å². The van der Waals surface area contributed by atoms with Crippen LogP contribution in [-0.4, -0.2) is 42.3 Å². The zero-order chi connectivity index (χ0) is 14.4. The van der Waals surface area contributed by atoms with Crippen LogP contribution in [0.4, 0.5) is 0 Å². The molecule has 1 unspecified atom stereocenters. The first kappa shape index (κ1) is 16.3. The zero-order valence-electron chi connectivity index (χ0n) is 12.7. The Morgan fingerprint density at radius 3 is 2.58 bits per heavy atom. The van der Waals surface area contributed by atoms with Gasteiger partial charge in [-0.3, -0.25) is 9.69 Å². The van der Waals surface area contributed by atoms with Gasteiger partial charge < -0.3 is 0 Å². The highest BCUT2D eigenvalue weighted by Gasteiger charge is 2.19. The number of aryl methyl sites for hydroxylation is 2. The number of thioether (sulfide) groups is 1. The Morgan fingerprint density at radius 1 is 1.32 bits per heavy atom. The fourth-order valence-electron chi connectivity index (χ4n) is 1.99. The molecule has 0 N–H and O–H groups in total. The van der Waals surface area contributed by atoms with E-state index in [0.717, 1.165) is 24.3 Å². The molecule has 1 aromatic carbocycles. The Balaban J connectivity index is 2.67. The van der Waals surface area contributed by atoms with Crippen molar-refractivity contribution in [1.29, 1.82) is 0 Å². The van der Waals surface area contributed by atoms with Crippen LogP contribution in [0.15, 0.2) is 18.2 Å². The van der Waals surface area contributed by atoms with Crippen molar-refractivity contribution < 1.29 is 4.79 Å². The van der Waals surface area contributed by atoms with Gasteiger partial charge in [-0.2, -0.15) is 11.8 Å². The van der Waals surface area contributed by atoms with Crippen LogP contribution in [0.1, 0.15) is 34.8 Å². The lowest BCUT2D eigenvalue weighted by Gasteiger charge is -2.23. The number of Topliss-reactive ketones (excluding diaryl/α,β-unsaturated/α-hetero) is 1. The van der Waals surface area contributed by atoms with E-state index in [2.05, 4.69) is 25.0 Å². The average molecular weight is 279 g/mol. The summed E-state index contributed by atoms with van der Waals surface area (Å²) in [5.41, 5.74) is 3.24. The summed E-state index contributed by atoms with van der Waals surface area (Å²) in [6.45, 7) is 7.09. The minimum atomic E-state index is -0.0519. The van der Waals surface area contributed by atoms with E-state index < -0.39 is 0 Å². The molecule has 0 amide bonds. The molecule has 0 radical (unpaired) electrons. The minimum Gasteiger partial charge on any atom is -0.297 e. The predicted molar refractivity (Wildman–Crippen MR) is 85.3 cm³/mol. The van der Waals surface area contributed by atoms with E-state index in [-0.39, 0.29) is 11.8 Å². The third-order valence-electron chi connectivity index (χ3n) is 3.69. The van der Waals surface area contributed by atoms with Gasteiger partial charge in [-0.25, -0.2) is 0 Å². The van der Waals surface area contributed by atoms with E-state index in [4.69, 9.17) is 0 Å². The monoisotopic (exact) mass is 279 g/mol. The quantitative estimate of drug-likeness (QED) is 0.562. The molecule has 1 aromatic rings. The third kappa shape index (κ3) is 4.66. The predicted octanol–water partition coefficient (Wildman–Crippen LogP) is 3.56. The smallest absolute Gasteiger partial charge is 0.179 e. The number of hydrogen-bond acceptors (Lipinski definition) is 3. The van der Waals surface area contributed by atoms with Crippen molar-refractivity contribution in [2.24, 2.45) is 0 Å². The molecule has 0 saturated carbocycles. The Labute approximate surface area is 121 Å². The first-order chi connectivity index (χ1) is 8.97. The summed E-state index contributed by atoms with van der Waals surface area (Å²) in [7, 11) is 2.03. The van der Waals surface area contributed by atoms with E-state index in [0.29, 0.717) is 0 Å². The first-order valence-electron chi connectivity index (χ1n) is 6.78. The number of rotatable bonds is 7. The number of likely N-dealkylation sites (N-methyl/N-ethyl adjacent to an activating group) is 1. The Kier molecular flexibility index (Phi) is 6.59. The summed E-state index contributed by atoms with van der Waals surface area (Å²) in [5.74, 6) is 1.37. The molecule has 0 bridgehead atoms. The second-order valence-electron chi connectivity index (χ2n) is 5.17. The summed E-state index contributed by atoms with van der Waals surface area (Å²) in [4.78, 5) is 14.6. The molecule has 106 valence electrons. The molecule has 0 aromatic heterocycles. The number of carbonyl (C=O) groups excluding carboxylic acids is 1. The minimum absolute atomic E-state index is 0.0519. The van der Waals surface area contributed by atoms with Gasteiger partial charge in [-0.05, 0) is 70.0 Å². The summed E-state index contributed by atoms with van der Waals surface area (Å²) >= 11 is 1.85. The van der Waals surface area contributed by atoms with E-state index >= 15 is 0 Å². The van der Waals surface area contributed by atoms with Crippen LogP contribution in [-0.2, 0) is 0 Å².